The lowest BCUT2D eigenvalue weighted by Gasteiger charge is -2.23. The minimum Gasteiger partial charge on any atom is -0.363 e. The van der Waals surface area contributed by atoms with Gasteiger partial charge in [-0.05, 0) is 45.2 Å². The Morgan fingerprint density at radius 3 is 2.61 bits per heavy atom. The van der Waals surface area contributed by atoms with Crippen LogP contribution >= 0.6 is 0 Å². The first kappa shape index (κ1) is 23.5. The first-order valence-corrected chi connectivity index (χ1v) is 11.2. The van der Waals surface area contributed by atoms with Crippen molar-refractivity contribution < 1.29 is 23.0 Å². The van der Waals surface area contributed by atoms with Crippen molar-refractivity contribution in [3.8, 4) is 0 Å². The van der Waals surface area contributed by atoms with E-state index in [4.69, 9.17) is 9.47 Å². The number of nitrogens with one attached hydrogen (secondary N) is 2. The van der Waals surface area contributed by atoms with E-state index in [-0.39, 0.29) is 29.5 Å². The summed E-state index contributed by atoms with van der Waals surface area (Å²) in [6, 6.07) is 5.96. The number of ether oxygens (including phenoxy) is 2. The van der Waals surface area contributed by atoms with Gasteiger partial charge in [0, 0.05) is 24.1 Å². The molecule has 1 amide bonds. The molecule has 0 radical (unpaired) electrons. The van der Waals surface area contributed by atoms with Crippen LogP contribution in [-0.4, -0.2) is 34.6 Å². The fraction of sp³-hybridized carbons (Fsp3) is 0.542. The number of rotatable bonds is 8. The number of nitrogens with zero attached hydrogens (tertiary/aromatic N) is 2. The van der Waals surface area contributed by atoms with Gasteiger partial charge >= 0.3 is 0 Å². The number of carbonyl (C=O) groups excluding carboxylic acids is 1. The van der Waals surface area contributed by atoms with Gasteiger partial charge in [-0.1, -0.05) is 18.2 Å². The van der Waals surface area contributed by atoms with Crippen LogP contribution in [0.2, 0.25) is 0 Å². The number of anilines is 1. The molecule has 1 atom stereocenters. The van der Waals surface area contributed by atoms with E-state index in [9.17, 15) is 13.6 Å². The Morgan fingerprint density at radius 1 is 1.27 bits per heavy atom. The van der Waals surface area contributed by atoms with Crippen LogP contribution in [0, 0.1) is 6.92 Å². The first-order chi connectivity index (χ1) is 15.5. The van der Waals surface area contributed by atoms with E-state index >= 15 is 0 Å². The topological polar surface area (TPSA) is 85.4 Å². The molecule has 2 N–H and O–H groups in total. The van der Waals surface area contributed by atoms with Crippen molar-refractivity contribution in [2.24, 2.45) is 0 Å². The molecule has 0 unspecified atom stereocenters. The predicted molar refractivity (Wildman–Crippen MR) is 119 cm³/mol. The van der Waals surface area contributed by atoms with E-state index in [2.05, 4.69) is 20.6 Å². The molecular formula is C24H30F2N4O3. The van der Waals surface area contributed by atoms with Gasteiger partial charge in [0.15, 0.2) is 6.29 Å². The Morgan fingerprint density at radius 2 is 1.97 bits per heavy atom. The lowest BCUT2D eigenvalue weighted by molar-refractivity contribution is -0.121. The quantitative estimate of drug-likeness (QED) is 0.610. The van der Waals surface area contributed by atoms with Crippen molar-refractivity contribution in [1.82, 2.24) is 15.3 Å². The van der Waals surface area contributed by atoms with Gasteiger partial charge < -0.3 is 20.1 Å². The summed E-state index contributed by atoms with van der Waals surface area (Å²) >= 11 is 0. The Kier molecular flexibility index (Phi) is 6.37. The number of alkyl halides is 2. The minimum atomic E-state index is -2.93. The Labute approximate surface area is 192 Å². The summed E-state index contributed by atoms with van der Waals surface area (Å²) in [4.78, 5) is 21.8. The smallest absolute Gasteiger partial charge is 0.270 e. The summed E-state index contributed by atoms with van der Waals surface area (Å²) in [5.74, 6) is -2.10. The van der Waals surface area contributed by atoms with E-state index < -0.39 is 12.2 Å². The summed E-state index contributed by atoms with van der Waals surface area (Å²) < 4.78 is 39.1. The highest BCUT2D eigenvalue weighted by atomic mass is 19.3. The molecule has 4 rings (SSSR count). The molecule has 1 saturated carbocycles. The SMILES string of the molecule is Cc1nc(CC(=O)NC2(C)CC2)c(C2OCCO2)c(N[C@H](C)c2cccc(C(C)(F)F)c2)n1. The van der Waals surface area contributed by atoms with Crippen LogP contribution in [-0.2, 0) is 26.6 Å². The molecule has 1 aliphatic carbocycles. The van der Waals surface area contributed by atoms with E-state index in [0.717, 1.165) is 19.8 Å². The van der Waals surface area contributed by atoms with Gasteiger partial charge in [0.05, 0.1) is 30.9 Å². The van der Waals surface area contributed by atoms with Gasteiger partial charge in [0.25, 0.3) is 5.92 Å². The zero-order valence-corrected chi connectivity index (χ0v) is 19.4. The second-order valence-corrected chi connectivity index (χ2v) is 9.22. The van der Waals surface area contributed by atoms with E-state index in [1.165, 1.54) is 12.1 Å². The zero-order chi connectivity index (χ0) is 23.8. The molecule has 9 heteroatoms. The molecule has 1 aromatic carbocycles. The fourth-order valence-electron chi connectivity index (χ4n) is 3.87. The Bertz CT molecular complexity index is 1030. The van der Waals surface area contributed by atoms with Gasteiger partial charge in [-0.15, -0.1) is 0 Å². The number of benzene rings is 1. The molecule has 1 aromatic heterocycles. The molecule has 0 bridgehead atoms. The second-order valence-electron chi connectivity index (χ2n) is 9.22. The van der Waals surface area contributed by atoms with Gasteiger partial charge in [-0.25, -0.2) is 18.7 Å². The van der Waals surface area contributed by atoms with Gasteiger partial charge in [0.2, 0.25) is 5.91 Å². The maximum atomic E-state index is 13.8. The molecule has 2 fully saturated rings. The molecule has 1 aliphatic heterocycles. The Balaban J connectivity index is 1.64. The van der Waals surface area contributed by atoms with Crippen molar-refractivity contribution in [3.63, 3.8) is 0 Å². The number of hydrogen-bond acceptors (Lipinski definition) is 6. The molecule has 33 heavy (non-hydrogen) atoms. The van der Waals surface area contributed by atoms with E-state index in [1.807, 2.05) is 13.8 Å². The fourth-order valence-corrected chi connectivity index (χ4v) is 3.87. The monoisotopic (exact) mass is 460 g/mol. The van der Waals surface area contributed by atoms with Gasteiger partial charge in [0.1, 0.15) is 11.6 Å². The molecule has 178 valence electrons. The minimum absolute atomic E-state index is 0.0545. The third kappa shape index (κ3) is 5.65. The third-order valence-corrected chi connectivity index (χ3v) is 6.01. The van der Waals surface area contributed by atoms with Crippen molar-refractivity contribution in [3.05, 3.63) is 52.5 Å². The number of halogens is 2. The van der Waals surface area contributed by atoms with Crippen LogP contribution in [0.3, 0.4) is 0 Å². The lowest BCUT2D eigenvalue weighted by atomic mass is 10.0. The predicted octanol–water partition coefficient (Wildman–Crippen LogP) is 4.33. The van der Waals surface area contributed by atoms with Crippen molar-refractivity contribution in [2.45, 2.75) is 70.8 Å². The van der Waals surface area contributed by atoms with Crippen molar-refractivity contribution >= 4 is 11.7 Å². The molecular weight excluding hydrogens is 430 g/mol. The number of carbonyl (C=O) groups is 1. The average molecular weight is 461 g/mol. The normalized spacial score (nSPS) is 18.7. The molecule has 2 heterocycles. The molecule has 2 aromatic rings. The number of hydrogen-bond donors (Lipinski definition) is 2. The summed E-state index contributed by atoms with van der Waals surface area (Å²) in [7, 11) is 0. The summed E-state index contributed by atoms with van der Waals surface area (Å²) in [5, 5.41) is 6.36. The molecule has 7 nitrogen and oxygen atoms in total. The van der Waals surface area contributed by atoms with Crippen LogP contribution in [0.5, 0.6) is 0 Å². The zero-order valence-electron chi connectivity index (χ0n) is 19.4. The molecule has 1 saturated heterocycles. The number of aromatic nitrogens is 2. The molecule has 0 spiro atoms. The van der Waals surface area contributed by atoms with Crippen LogP contribution < -0.4 is 10.6 Å². The highest BCUT2D eigenvalue weighted by Crippen LogP contribution is 2.36. The summed E-state index contributed by atoms with van der Waals surface area (Å²) in [5.41, 5.74) is 1.59. The van der Waals surface area contributed by atoms with Crippen LogP contribution in [0.25, 0.3) is 0 Å². The third-order valence-electron chi connectivity index (χ3n) is 6.01. The van der Waals surface area contributed by atoms with Gasteiger partial charge in [-0.2, -0.15) is 0 Å². The van der Waals surface area contributed by atoms with Crippen molar-refractivity contribution in [1.29, 1.82) is 0 Å². The van der Waals surface area contributed by atoms with Crippen LogP contribution in [0.15, 0.2) is 24.3 Å². The largest absolute Gasteiger partial charge is 0.363 e. The first-order valence-electron chi connectivity index (χ1n) is 11.2. The highest BCUT2D eigenvalue weighted by molar-refractivity contribution is 5.80. The molecule has 2 aliphatic rings. The van der Waals surface area contributed by atoms with E-state index in [0.29, 0.717) is 41.7 Å². The second kappa shape index (κ2) is 8.95. The Hall–Kier alpha value is -2.65. The summed E-state index contributed by atoms with van der Waals surface area (Å²) in [6.45, 7) is 7.35. The van der Waals surface area contributed by atoms with Crippen LogP contribution in [0.4, 0.5) is 14.6 Å². The number of amides is 1. The van der Waals surface area contributed by atoms with Crippen LogP contribution in [0.1, 0.15) is 74.2 Å². The highest BCUT2D eigenvalue weighted by Gasteiger charge is 2.39. The summed E-state index contributed by atoms with van der Waals surface area (Å²) in [6.07, 6.45) is 1.29. The number of aryl methyl sites for hydroxylation is 1. The average Bonchev–Trinajstić information content (AvgIpc) is 3.21. The van der Waals surface area contributed by atoms with E-state index in [1.54, 1.807) is 19.1 Å². The van der Waals surface area contributed by atoms with Crippen molar-refractivity contribution in [2.75, 3.05) is 18.5 Å². The maximum Gasteiger partial charge on any atom is 0.270 e. The van der Waals surface area contributed by atoms with Gasteiger partial charge in [-0.3, -0.25) is 4.79 Å². The lowest BCUT2D eigenvalue weighted by Crippen LogP contribution is -2.36. The maximum absolute atomic E-state index is 13.8. The standard InChI is InChI=1S/C24H30F2N4O3/c1-14(16-6-5-7-17(12-16)24(4,25)26)27-21-20(22-32-10-11-33-22)18(28-15(2)29-21)13-19(31)30-23(3)8-9-23/h5-7,12,14,22H,8-11,13H2,1-4H3,(H,30,31)(H,27,28,29)/t14-/m1/s1.